The molecule has 0 aliphatic rings. The number of rotatable bonds is 9. The average molecular weight is 267 g/mol. The van der Waals surface area contributed by atoms with Crippen molar-refractivity contribution in [3.05, 3.63) is 0 Å². The summed E-state index contributed by atoms with van der Waals surface area (Å²) in [5, 5.41) is 2.55. The maximum Gasteiger partial charge on any atom is 0.235 e. The Morgan fingerprint density at radius 3 is 2.65 bits per heavy atom. The molecule has 0 aromatic rings. The molecule has 0 rings (SSSR count). The van der Waals surface area contributed by atoms with Crippen LogP contribution in [0.1, 0.15) is 6.42 Å². The molecule has 102 valence electrons. The van der Waals surface area contributed by atoms with Crippen LogP contribution in [0.2, 0.25) is 0 Å². The van der Waals surface area contributed by atoms with E-state index < -0.39 is 10.0 Å². The molecule has 1 amide bonds. The van der Waals surface area contributed by atoms with Crippen LogP contribution in [0.25, 0.3) is 0 Å². The van der Waals surface area contributed by atoms with Gasteiger partial charge >= 0.3 is 0 Å². The van der Waals surface area contributed by atoms with Crippen LogP contribution < -0.4 is 11.1 Å². The minimum absolute atomic E-state index is 0.0364. The predicted octanol–water partition coefficient (Wildman–Crippen LogP) is -1.64. The van der Waals surface area contributed by atoms with Crippen molar-refractivity contribution in [2.75, 3.05) is 46.2 Å². The largest absolute Gasteiger partial charge is 0.383 e. The summed E-state index contributed by atoms with van der Waals surface area (Å²) < 4.78 is 29.0. The fraction of sp³-hybridized carbons (Fsp3) is 0.889. The van der Waals surface area contributed by atoms with E-state index in [0.29, 0.717) is 26.1 Å². The minimum atomic E-state index is -3.39. The standard InChI is InChI=1S/C9H21N3O4S/c1-12(17(14,15)7-3-4-10)8-9(13)11-5-6-16-2/h3-8,10H2,1-2H3,(H,11,13). The van der Waals surface area contributed by atoms with Crippen LogP contribution in [-0.2, 0) is 19.6 Å². The Bertz CT molecular complexity index is 318. The summed E-state index contributed by atoms with van der Waals surface area (Å²) >= 11 is 0. The molecule has 0 heterocycles. The van der Waals surface area contributed by atoms with Crippen molar-refractivity contribution in [1.29, 1.82) is 0 Å². The third-order valence-corrected chi connectivity index (χ3v) is 3.96. The molecule has 0 aliphatic heterocycles. The number of amides is 1. The smallest absolute Gasteiger partial charge is 0.235 e. The molecule has 0 bridgehead atoms. The van der Waals surface area contributed by atoms with Gasteiger partial charge in [-0.1, -0.05) is 0 Å². The number of sulfonamides is 1. The van der Waals surface area contributed by atoms with Crippen molar-refractivity contribution < 1.29 is 17.9 Å². The van der Waals surface area contributed by atoms with E-state index >= 15 is 0 Å². The van der Waals surface area contributed by atoms with Gasteiger partial charge in [-0.25, -0.2) is 8.42 Å². The second-order valence-corrected chi connectivity index (χ2v) is 5.75. The van der Waals surface area contributed by atoms with Crippen molar-refractivity contribution in [3.8, 4) is 0 Å². The molecule has 0 aromatic heterocycles. The first-order valence-corrected chi connectivity index (χ1v) is 6.94. The monoisotopic (exact) mass is 267 g/mol. The molecule has 0 saturated heterocycles. The number of hydrogen-bond donors (Lipinski definition) is 2. The number of ether oxygens (including phenoxy) is 1. The van der Waals surface area contributed by atoms with E-state index in [1.165, 1.54) is 14.2 Å². The molecule has 0 unspecified atom stereocenters. The highest BCUT2D eigenvalue weighted by molar-refractivity contribution is 7.89. The molecular formula is C9H21N3O4S. The molecule has 0 fully saturated rings. The molecular weight excluding hydrogens is 246 g/mol. The Morgan fingerprint density at radius 2 is 2.12 bits per heavy atom. The topological polar surface area (TPSA) is 102 Å². The van der Waals surface area contributed by atoms with Gasteiger partial charge in [-0.15, -0.1) is 0 Å². The van der Waals surface area contributed by atoms with E-state index in [0.717, 1.165) is 4.31 Å². The zero-order chi connectivity index (χ0) is 13.3. The van der Waals surface area contributed by atoms with Crippen molar-refractivity contribution >= 4 is 15.9 Å². The first kappa shape index (κ1) is 16.3. The first-order valence-electron chi connectivity index (χ1n) is 5.33. The van der Waals surface area contributed by atoms with Gasteiger partial charge in [0.25, 0.3) is 0 Å². The number of likely N-dealkylation sites (N-methyl/N-ethyl adjacent to an activating group) is 1. The summed E-state index contributed by atoms with van der Waals surface area (Å²) in [7, 11) is -0.487. The molecule has 0 aliphatic carbocycles. The number of methoxy groups -OCH3 is 1. The van der Waals surface area contributed by atoms with Crippen molar-refractivity contribution in [3.63, 3.8) is 0 Å². The summed E-state index contributed by atoms with van der Waals surface area (Å²) in [5.74, 6) is -0.383. The molecule has 8 heteroatoms. The van der Waals surface area contributed by atoms with E-state index in [9.17, 15) is 13.2 Å². The molecule has 3 N–H and O–H groups in total. The molecule has 0 atom stereocenters. The van der Waals surface area contributed by atoms with Crippen LogP contribution in [0.4, 0.5) is 0 Å². The number of carbonyl (C=O) groups is 1. The van der Waals surface area contributed by atoms with Crippen molar-refractivity contribution in [1.82, 2.24) is 9.62 Å². The number of nitrogens with zero attached hydrogens (tertiary/aromatic N) is 1. The SMILES string of the molecule is COCCNC(=O)CN(C)S(=O)(=O)CCCN. The van der Waals surface area contributed by atoms with E-state index in [4.69, 9.17) is 10.5 Å². The number of nitrogens with one attached hydrogen (secondary N) is 1. The van der Waals surface area contributed by atoms with E-state index in [-0.39, 0.29) is 18.2 Å². The highest BCUT2D eigenvalue weighted by atomic mass is 32.2. The maximum atomic E-state index is 11.6. The summed E-state index contributed by atoms with van der Waals surface area (Å²) in [6.45, 7) is 0.894. The Morgan fingerprint density at radius 1 is 1.47 bits per heavy atom. The van der Waals surface area contributed by atoms with Gasteiger partial charge in [0.15, 0.2) is 0 Å². The summed E-state index contributed by atoms with van der Waals surface area (Å²) in [4.78, 5) is 11.4. The molecule has 0 radical (unpaired) electrons. The van der Waals surface area contributed by atoms with Gasteiger partial charge in [0.1, 0.15) is 0 Å². The van der Waals surface area contributed by atoms with Crippen molar-refractivity contribution in [2.24, 2.45) is 5.73 Å². The zero-order valence-electron chi connectivity index (χ0n) is 10.3. The third kappa shape index (κ3) is 7.27. The molecule has 0 spiro atoms. The maximum absolute atomic E-state index is 11.6. The van der Waals surface area contributed by atoms with Crippen LogP contribution in [0.3, 0.4) is 0 Å². The molecule has 0 aromatic carbocycles. The highest BCUT2D eigenvalue weighted by Gasteiger charge is 2.19. The number of nitrogens with two attached hydrogens (primary N) is 1. The minimum Gasteiger partial charge on any atom is -0.383 e. The van der Waals surface area contributed by atoms with E-state index in [1.807, 2.05) is 0 Å². The second-order valence-electron chi connectivity index (χ2n) is 3.56. The van der Waals surface area contributed by atoms with Gasteiger partial charge < -0.3 is 15.8 Å². The van der Waals surface area contributed by atoms with E-state index in [2.05, 4.69) is 5.32 Å². The summed E-state index contributed by atoms with van der Waals surface area (Å²) in [5.41, 5.74) is 5.24. The summed E-state index contributed by atoms with van der Waals surface area (Å²) in [6.07, 6.45) is 0.387. The lowest BCUT2D eigenvalue weighted by molar-refractivity contribution is -0.121. The fourth-order valence-electron chi connectivity index (χ4n) is 1.07. The van der Waals surface area contributed by atoms with Gasteiger partial charge in [-0.05, 0) is 13.0 Å². The van der Waals surface area contributed by atoms with Crippen LogP contribution >= 0.6 is 0 Å². The first-order chi connectivity index (χ1) is 7.94. The third-order valence-electron chi connectivity index (χ3n) is 2.08. The average Bonchev–Trinajstić information content (AvgIpc) is 2.26. The molecule has 0 saturated carbocycles. The lowest BCUT2D eigenvalue weighted by Gasteiger charge is -2.16. The quantitative estimate of drug-likeness (QED) is 0.488. The van der Waals surface area contributed by atoms with Crippen LogP contribution in [0.5, 0.6) is 0 Å². The Balaban J connectivity index is 4.06. The second kappa shape index (κ2) is 8.40. The Labute approximate surface area is 102 Å². The molecule has 7 nitrogen and oxygen atoms in total. The van der Waals surface area contributed by atoms with Gasteiger partial charge in [0.2, 0.25) is 15.9 Å². The van der Waals surface area contributed by atoms with Crippen molar-refractivity contribution in [2.45, 2.75) is 6.42 Å². The van der Waals surface area contributed by atoms with Crippen LogP contribution in [0, 0.1) is 0 Å². The van der Waals surface area contributed by atoms with Crippen LogP contribution in [-0.4, -0.2) is 64.8 Å². The Hall–Kier alpha value is -0.700. The fourth-order valence-corrected chi connectivity index (χ4v) is 2.23. The lowest BCUT2D eigenvalue weighted by atomic mass is 10.5. The number of hydrogen-bond acceptors (Lipinski definition) is 5. The van der Waals surface area contributed by atoms with Gasteiger partial charge in [-0.2, -0.15) is 4.31 Å². The predicted molar refractivity (Wildman–Crippen MR) is 65.0 cm³/mol. The normalized spacial score (nSPS) is 11.8. The van der Waals surface area contributed by atoms with Gasteiger partial charge in [0.05, 0.1) is 18.9 Å². The summed E-state index contributed by atoms with van der Waals surface area (Å²) in [6, 6.07) is 0. The van der Waals surface area contributed by atoms with E-state index in [1.54, 1.807) is 0 Å². The van der Waals surface area contributed by atoms with Gasteiger partial charge in [-0.3, -0.25) is 4.79 Å². The van der Waals surface area contributed by atoms with Gasteiger partial charge in [0, 0.05) is 20.7 Å². The zero-order valence-corrected chi connectivity index (χ0v) is 11.1. The Kier molecular flexibility index (Phi) is 8.05. The highest BCUT2D eigenvalue weighted by Crippen LogP contribution is 1.99. The van der Waals surface area contributed by atoms with Crippen LogP contribution in [0.15, 0.2) is 0 Å². The lowest BCUT2D eigenvalue weighted by Crippen LogP contribution is -2.40. The number of carbonyl (C=O) groups excluding carboxylic acids is 1. The molecule has 17 heavy (non-hydrogen) atoms.